The Hall–Kier alpha value is -1.20. The van der Waals surface area contributed by atoms with E-state index in [1.807, 2.05) is 4.90 Å². The second-order valence-electron chi connectivity index (χ2n) is 6.42. The summed E-state index contributed by atoms with van der Waals surface area (Å²) in [6, 6.07) is 4.40. The summed E-state index contributed by atoms with van der Waals surface area (Å²) in [6.07, 6.45) is 2.32. The van der Waals surface area contributed by atoms with Gasteiger partial charge in [0, 0.05) is 25.2 Å². The van der Waals surface area contributed by atoms with Crippen LogP contribution in [0.5, 0.6) is 0 Å². The molecule has 3 aliphatic rings. The van der Waals surface area contributed by atoms with Gasteiger partial charge in [-0.15, -0.1) is 12.4 Å². The van der Waals surface area contributed by atoms with Gasteiger partial charge in [0.1, 0.15) is 0 Å². The molecule has 2 bridgehead atoms. The number of amides is 1. The molecule has 3 saturated heterocycles. The summed E-state index contributed by atoms with van der Waals surface area (Å²) >= 11 is 0. The van der Waals surface area contributed by atoms with Gasteiger partial charge in [-0.25, -0.2) is 8.78 Å². The summed E-state index contributed by atoms with van der Waals surface area (Å²) in [5, 5.41) is 3.42. The molecule has 0 saturated carbocycles. The zero-order valence-corrected chi connectivity index (χ0v) is 12.9. The van der Waals surface area contributed by atoms with E-state index < -0.39 is 11.6 Å². The van der Waals surface area contributed by atoms with Crippen LogP contribution in [-0.4, -0.2) is 36.0 Å². The highest BCUT2D eigenvalue weighted by molar-refractivity contribution is 5.85. The molecule has 1 amide bonds. The average molecular weight is 329 g/mol. The van der Waals surface area contributed by atoms with E-state index in [0.29, 0.717) is 29.5 Å². The standard InChI is InChI=1S/C16H18F2N2O.ClH/c17-12-2-1-9(5-13(12)18)6-16(21)20-14-3-4-15(20)11-8-19-7-10(11)14;/h1-2,5,10-11,14-15,19H,3-4,6-8H2;1H/t10-,11+,14-,15+;. The van der Waals surface area contributed by atoms with Crippen molar-refractivity contribution in [1.82, 2.24) is 10.2 Å². The first-order valence-corrected chi connectivity index (χ1v) is 7.61. The largest absolute Gasteiger partial charge is 0.336 e. The molecule has 0 spiro atoms. The maximum absolute atomic E-state index is 13.3. The molecule has 1 aromatic rings. The van der Waals surface area contributed by atoms with Crippen molar-refractivity contribution in [2.24, 2.45) is 11.8 Å². The molecule has 1 aromatic carbocycles. The highest BCUT2D eigenvalue weighted by Gasteiger charge is 2.55. The molecule has 4 rings (SSSR count). The average Bonchev–Trinajstić information content (AvgIpc) is 3.13. The molecule has 22 heavy (non-hydrogen) atoms. The van der Waals surface area contributed by atoms with Gasteiger partial charge in [-0.2, -0.15) is 0 Å². The van der Waals surface area contributed by atoms with Crippen molar-refractivity contribution in [2.45, 2.75) is 31.3 Å². The summed E-state index contributed by atoms with van der Waals surface area (Å²) in [7, 11) is 0. The normalized spacial score (nSPS) is 32.0. The fraction of sp³-hybridized carbons (Fsp3) is 0.562. The first-order valence-electron chi connectivity index (χ1n) is 7.61. The van der Waals surface area contributed by atoms with Crippen LogP contribution in [0.15, 0.2) is 18.2 Å². The number of rotatable bonds is 2. The Bertz CT molecular complexity index is 580. The lowest BCUT2D eigenvalue weighted by atomic mass is 9.82. The van der Waals surface area contributed by atoms with E-state index in [-0.39, 0.29) is 24.7 Å². The topological polar surface area (TPSA) is 32.3 Å². The quantitative estimate of drug-likeness (QED) is 0.902. The molecule has 120 valence electrons. The first kappa shape index (κ1) is 15.7. The van der Waals surface area contributed by atoms with Gasteiger partial charge in [0.25, 0.3) is 0 Å². The molecular weight excluding hydrogens is 310 g/mol. The summed E-state index contributed by atoms with van der Waals surface area (Å²) in [5.41, 5.74) is 0.550. The van der Waals surface area contributed by atoms with Gasteiger partial charge in [-0.3, -0.25) is 4.79 Å². The van der Waals surface area contributed by atoms with Crippen LogP contribution in [0.25, 0.3) is 0 Å². The third-order valence-corrected chi connectivity index (χ3v) is 5.40. The van der Waals surface area contributed by atoms with Crippen LogP contribution in [0, 0.1) is 23.5 Å². The third kappa shape index (κ3) is 2.31. The van der Waals surface area contributed by atoms with Gasteiger partial charge in [0.15, 0.2) is 11.6 Å². The summed E-state index contributed by atoms with van der Waals surface area (Å²) < 4.78 is 26.2. The number of carbonyl (C=O) groups excluding carboxylic acids is 1. The number of halogens is 3. The lowest BCUT2D eigenvalue weighted by Gasteiger charge is -2.24. The molecular formula is C16H19ClF2N2O. The Morgan fingerprint density at radius 3 is 2.36 bits per heavy atom. The number of hydrogen-bond acceptors (Lipinski definition) is 2. The fourth-order valence-corrected chi connectivity index (χ4v) is 4.55. The Kier molecular flexibility index (Phi) is 4.12. The highest BCUT2D eigenvalue weighted by Crippen LogP contribution is 2.47. The molecule has 0 aromatic heterocycles. The van der Waals surface area contributed by atoms with Gasteiger partial charge in [-0.05, 0) is 42.4 Å². The van der Waals surface area contributed by atoms with Crippen LogP contribution in [0.1, 0.15) is 18.4 Å². The number of nitrogens with one attached hydrogen (secondary N) is 1. The van der Waals surface area contributed by atoms with Crippen LogP contribution >= 0.6 is 12.4 Å². The molecule has 3 aliphatic heterocycles. The van der Waals surface area contributed by atoms with Gasteiger partial charge in [0.2, 0.25) is 5.91 Å². The molecule has 4 atom stereocenters. The van der Waals surface area contributed by atoms with Crippen LogP contribution in [0.3, 0.4) is 0 Å². The van der Waals surface area contributed by atoms with E-state index in [1.54, 1.807) is 0 Å². The van der Waals surface area contributed by atoms with Gasteiger partial charge >= 0.3 is 0 Å². The predicted molar refractivity (Wildman–Crippen MR) is 80.8 cm³/mol. The van der Waals surface area contributed by atoms with E-state index in [9.17, 15) is 13.6 Å². The van der Waals surface area contributed by atoms with E-state index in [1.165, 1.54) is 6.07 Å². The zero-order valence-electron chi connectivity index (χ0n) is 12.1. The second-order valence-corrected chi connectivity index (χ2v) is 6.42. The van der Waals surface area contributed by atoms with Crippen molar-refractivity contribution in [3.05, 3.63) is 35.4 Å². The lowest BCUT2D eigenvalue weighted by molar-refractivity contribution is -0.132. The van der Waals surface area contributed by atoms with Crippen LogP contribution in [-0.2, 0) is 11.2 Å². The van der Waals surface area contributed by atoms with E-state index in [4.69, 9.17) is 0 Å². The molecule has 0 unspecified atom stereocenters. The highest BCUT2D eigenvalue weighted by atomic mass is 35.5. The Morgan fingerprint density at radius 1 is 1.14 bits per heavy atom. The second kappa shape index (κ2) is 5.78. The first-order chi connectivity index (χ1) is 10.1. The van der Waals surface area contributed by atoms with E-state index in [0.717, 1.165) is 38.1 Å². The van der Waals surface area contributed by atoms with Crippen molar-refractivity contribution < 1.29 is 13.6 Å². The molecule has 3 fully saturated rings. The Morgan fingerprint density at radius 2 is 1.77 bits per heavy atom. The maximum atomic E-state index is 13.3. The minimum atomic E-state index is -0.884. The minimum absolute atomic E-state index is 0. The number of nitrogens with zero attached hydrogens (tertiary/aromatic N) is 1. The van der Waals surface area contributed by atoms with Gasteiger partial charge in [0.05, 0.1) is 6.42 Å². The van der Waals surface area contributed by atoms with E-state index >= 15 is 0 Å². The lowest BCUT2D eigenvalue weighted by Crippen LogP contribution is -2.40. The third-order valence-electron chi connectivity index (χ3n) is 5.40. The van der Waals surface area contributed by atoms with Crippen LogP contribution < -0.4 is 5.32 Å². The van der Waals surface area contributed by atoms with Crippen LogP contribution in [0.2, 0.25) is 0 Å². The summed E-state index contributed by atoms with van der Waals surface area (Å²) in [4.78, 5) is 14.6. The predicted octanol–water partition coefficient (Wildman–Crippen LogP) is 2.14. The minimum Gasteiger partial charge on any atom is -0.336 e. The monoisotopic (exact) mass is 328 g/mol. The van der Waals surface area contributed by atoms with Crippen molar-refractivity contribution in [3.8, 4) is 0 Å². The number of hydrogen-bond donors (Lipinski definition) is 1. The Labute approximate surface area is 134 Å². The Balaban J connectivity index is 0.00000144. The molecule has 0 radical (unpaired) electrons. The number of benzene rings is 1. The molecule has 0 aliphatic carbocycles. The molecule has 1 N–H and O–H groups in total. The fourth-order valence-electron chi connectivity index (χ4n) is 4.55. The van der Waals surface area contributed by atoms with Crippen molar-refractivity contribution >= 4 is 18.3 Å². The molecule has 6 heteroatoms. The molecule has 3 nitrogen and oxygen atoms in total. The van der Waals surface area contributed by atoms with Gasteiger partial charge < -0.3 is 10.2 Å². The SMILES string of the molecule is Cl.O=C(Cc1ccc(F)c(F)c1)N1[C@@H]2CC[C@H]1[C@H]1CNC[C@H]12. The van der Waals surface area contributed by atoms with E-state index in [2.05, 4.69) is 5.32 Å². The maximum Gasteiger partial charge on any atom is 0.227 e. The van der Waals surface area contributed by atoms with Crippen molar-refractivity contribution in [1.29, 1.82) is 0 Å². The molecule has 3 heterocycles. The van der Waals surface area contributed by atoms with Crippen molar-refractivity contribution in [2.75, 3.05) is 13.1 Å². The number of fused-ring (bicyclic) bond motifs is 5. The number of carbonyl (C=O) groups is 1. The van der Waals surface area contributed by atoms with Crippen LogP contribution in [0.4, 0.5) is 8.78 Å². The van der Waals surface area contributed by atoms with Gasteiger partial charge in [-0.1, -0.05) is 6.07 Å². The summed E-state index contributed by atoms with van der Waals surface area (Å²) in [6.45, 7) is 2.00. The van der Waals surface area contributed by atoms with Crippen molar-refractivity contribution in [3.63, 3.8) is 0 Å². The summed E-state index contributed by atoms with van der Waals surface area (Å²) in [5.74, 6) is -0.531. The zero-order chi connectivity index (χ0) is 14.6. The smallest absolute Gasteiger partial charge is 0.227 e.